The highest BCUT2D eigenvalue weighted by Gasteiger charge is 2.46. The number of fused-ring (bicyclic) bond motifs is 6. The zero-order valence-electron chi connectivity index (χ0n) is 46.2. The summed E-state index contributed by atoms with van der Waals surface area (Å²) in [7, 11) is -2.97. The van der Waals surface area contributed by atoms with E-state index in [9.17, 15) is 0 Å². The minimum atomic E-state index is -2.97. The second-order valence-electron chi connectivity index (χ2n) is 23.6. The molecule has 6 aliphatic rings. The molecule has 85 heavy (non-hydrogen) atoms. The first kappa shape index (κ1) is 47.0. The van der Waals surface area contributed by atoms with Gasteiger partial charge in [0.25, 0.3) is 0 Å². The van der Waals surface area contributed by atoms with Crippen LogP contribution >= 0.6 is 0 Å². The van der Waals surface area contributed by atoms with Crippen molar-refractivity contribution in [1.29, 1.82) is 0 Å². The van der Waals surface area contributed by atoms with Gasteiger partial charge in [0.15, 0.2) is 13.9 Å². The lowest BCUT2D eigenvalue weighted by atomic mass is 9.60. The fraction of sp³-hybridized carbons (Fsp3) is 0.0506. The molecule has 396 valence electrons. The maximum absolute atomic E-state index is 5.83. The molecule has 21 rings (SSSR count). The van der Waals surface area contributed by atoms with Gasteiger partial charge in [0.05, 0.1) is 22.1 Å². The van der Waals surface area contributed by atoms with E-state index < -0.39 is 8.07 Å². The lowest BCUT2D eigenvalue weighted by Gasteiger charge is -2.42. The number of hydrogen-bond acceptors (Lipinski definition) is 3. The molecule has 0 saturated heterocycles. The lowest BCUT2D eigenvalue weighted by Crippen LogP contribution is -2.74. The first-order chi connectivity index (χ1) is 42.2. The highest BCUT2D eigenvalue weighted by atomic mass is 28.3. The van der Waals surface area contributed by atoms with Crippen molar-refractivity contribution >= 4 is 72.4 Å². The molecule has 0 unspecified atom stereocenters. The van der Waals surface area contributed by atoms with Crippen molar-refractivity contribution in [2.45, 2.75) is 23.7 Å². The first-order valence-electron chi connectivity index (χ1n) is 29.7. The number of rotatable bonds is 7. The van der Waals surface area contributed by atoms with Crippen LogP contribution in [-0.4, -0.2) is 32.2 Å². The van der Waals surface area contributed by atoms with Gasteiger partial charge in [-0.15, -0.1) is 0 Å². The largest absolute Gasteiger partial charge is 0.278 e. The van der Waals surface area contributed by atoms with Gasteiger partial charge < -0.3 is 0 Å². The van der Waals surface area contributed by atoms with Crippen molar-refractivity contribution < 1.29 is 0 Å². The van der Waals surface area contributed by atoms with Crippen LogP contribution in [0, 0.1) is 0 Å². The van der Waals surface area contributed by atoms with Crippen LogP contribution in [0.1, 0.15) is 90.4 Å². The highest BCUT2D eigenvalue weighted by molar-refractivity contribution is 7.19. The Morgan fingerprint density at radius 2 is 0.600 bits per heavy atom. The molecule has 3 heterocycles. The summed E-state index contributed by atoms with van der Waals surface area (Å²) >= 11 is 0. The van der Waals surface area contributed by atoms with E-state index in [0.717, 1.165) is 27.6 Å². The summed E-state index contributed by atoms with van der Waals surface area (Å²) < 4.78 is 4.67. The molecule has 0 spiro atoms. The summed E-state index contributed by atoms with van der Waals surface area (Å²) in [4.78, 5) is 17.4. The van der Waals surface area contributed by atoms with Crippen LogP contribution in [0.3, 0.4) is 0 Å². The molecule has 0 aliphatic heterocycles. The Balaban J connectivity index is 0.901. The van der Waals surface area contributed by atoms with Crippen LogP contribution in [-0.2, 0) is 0 Å². The molecule has 0 N–H and O–H groups in total. The van der Waals surface area contributed by atoms with E-state index in [1.54, 1.807) is 0 Å². The summed E-state index contributed by atoms with van der Waals surface area (Å²) in [6.45, 7) is 0. The molecular weight excluding hydrogens is 1050 g/mol. The number of aromatic nitrogens is 5. The van der Waals surface area contributed by atoms with Crippen LogP contribution in [0.15, 0.2) is 285 Å². The average molecular weight is 1100 g/mol. The molecule has 6 aliphatic carbocycles. The second kappa shape index (κ2) is 17.7. The lowest BCUT2D eigenvalue weighted by molar-refractivity contribution is 0.761. The molecule has 0 radical (unpaired) electrons. The van der Waals surface area contributed by atoms with Gasteiger partial charge in [-0.1, -0.05) is 261 Å². The molecule has 15 aromatic rings. The number of hydrogen-bond donors (Lipinski definition) is 0. The minimum Gasteiger partial charge on any atom is -0.278 e. The van der Waals surface area contributed by atoms with Crippen LogP contribution in [0.25, 0.3) is 66.9 Å². The molecular formula is C79H51N5Si. The van der Waals surface area contributed by atoms with Gasteiger partial charge in [-0.25, -0.2) is 0 Å². The highest BCUT2D eigenvalue weighted by Crippen LogP contribution is 2.60. The predicted molar refractivity (Wildman–Crippen MR) is 347 cm³/mol. The summed E-state index contributed by atoms with van der Waals surface area (Å²) in [5, 5.41) is 10.0. The Bertz CT molecular complexity index is 4860. The zero-order valence-corrected chi connectivity index (χ0v) is 47.2. The van der Waals surface area contributed by atoms with Gasteiger partial charge in [-0.3, -0.25) is 9.13 Å². The Kier molecular flexibility index (Phi) is 9.81. The van der Waals surface area contributed by atoms with Gasteiger partial charge in [0.1, 0.15) is 0 Å². The second-order valence-corrected chi connectivity index (χ2v) is 27.4. The van der Waals surface area contributed by atoms with Gasteiger partial charge in [0.2, 0.25) is 11.9 Å². The third-order valence-electron chi connectivity index (χ3n) is 19.7. The first-order valence-corrected chi connectivity index (χ1v) is 31.7. The van der Waals surface area contributed by atoms with Crippen molar-refractivity contribution in [2.75, 3.05) is 0 Å². The van der Waals surface area contributed by atoms with Crippen molar-refractivity contribution in [1.82, 2.24) is 24.1 Å². The van der Waals surface area contributed by atoms with E-state index in [0.29, 0.717) is 17.7 Å². The molecule has 12 aromatic carbocycles. The van der Waals surface area contributed by atoms with E-state index in [-0.39, 0.29) is 23.7 Å². The van der Waals surface area contributed by atoms with E-state index in [1.807, 2.05) is 0 Å². The zero-order chi connectivity index (χ0) is 55.5. The monoisotopic (exact) mass is 1100 g/mol. The Morgan fingerprint density at radius 1 is 0.259 bits per heavy atom. The minimum absolute atomic E-state index is 0.0728. The molecule has 6 heteroatoms. The number of para-hydroxylation sites is 2. The standard InChI is InChI=1S/C79H51N5Si/c1-4-24-49(25-5-1)85(50-26-6-2-7-27-50,51-28-8-3-9-29-51)52-30-22-23-48(47-52)77-80-78(83-65-41-20-18-39-61(65)73-67(83)45-43-63-69-53-31-10-14-35-57(53)71(75(63)73)58-36-15-11-32-54(58)69)82-79(81-77)84-66-42-21-19-40-62(66)74-68(84)46-44-64-70-55-33-12-16-37-59(55)72(76(64)74)60-38-17-13-34-56(60)70/h1-47,69-72H. The quantitative estimate of drug-likeness (QED) is 0.118. The van der Waals surface area contributed by atoms with Crippen molar-refractivity contribution in [3.63, 3.8) is 0 Å². The maximum Gasteiger partial charge on any atom is 0.240 e. The van der Waals surface area contributed by atoms with E-state index in [4.69, 9.17) is 15.0 Å². The third-order valence-corrected chi connectivity index (χ3v) is 24.5. The number of benzene rings is 12. The Morgan fingerprint density at radius 3 is 1.00 bits per heavy atom. The SMILES string of the molecule is c1ccc([Si](c2ccccc2)(c2ccccc2)c2cccc(-c3nc(-n4c5ccccc5c5c6c(ccc54)C4c5ccccc5C6c5ccccc54)nc(-n4c5ccccc5c5c6c(ccc54)C4c5ccccc5C6c5ccccc54)n3)c2)cc1. The van der Waals surface area contributed by atoms with Crippen molar-refractivity contribution in [3.05, 3.63) is 352 Å². The van der Waals surface area contributed by atoms with Crippen LogP contribution < -0.4 is 20.7 Å². The van der Waals surface area contributed by atoms with Crippen LogP contribution in [0.5, 0.6) is 0 Å². The maximum atomic E-state index is 5.83. The molecule has 5 nitrogen and oxygen atoms in total. The normalized spacial score (nSPS) is 16.7. The summed E-state index contributed by atoms with van der Waals surface area (Å²) in [5.74, 6) is 2.17. The molecule has 0 atom stereocenters. The Hall–Kier alpha value is -10.5. The van der Waals surface area contributed by atoms with Crippen molar-refractivity contribution in [3.8, 4) is 23.3 Å². The number of nitrogens with zero attached hydrogens (tertiary/aromatic N) is 5. The smallest absolute Gasteiger partial charge is 0.240 e. The molecule has 0 amide bonds. The average Bonchev–Trinajstić information content (AvgIpc) is 1.89. The Labute approximate surface area is 492 Å². The van der Waals surface area contributed by atoms with Gasteiger partial charge in [-0.05, 0) is 112 Å². The van der Waals surface area contributed by atoms with E-state index in [1.165, 1.54) is 109 Å². The predicted octanol–water partition coefficient (Wildman–Crippen LogP) is 15.1. The van der Waals surface area contributed by atoms with E-state index >= 15 is 0 Å². The fourth-order valence-electron chi connectivity index (χ4n) is 16.5. The topological polar surface area (TPSA) is 48.5 Å². The summed E-state index contributed by atoms with van der Waals surface area (Å²) in [6, 6.07) is 106. The summed E-state index contributed by atoms with van der Waals surface area (Å²) in [6.07, 6.45) is 0. The van der Waals surface area contributed by atoms with E-state index in [2.05, 4.69) is 294 Å². The van der Waals surface area contributed by atoms with Gasteiger partial charge in [0, 0.05) is 50.8 Å². The molecule has 4 bridgehead atoms. The van der Waals surface area contributed by atoms with Crippen LogP contribution in [0.4, 0.5) is 0 Å². The van der Waals surface area contributed by atoms with Crippen molar-refractivity contribution in [2.24, 2.45) is 0 Å². The van der Waals surface area contributed by atoms with Gasteiger partial charge in [-0.2, -0.15) is 15.0 Å². The van der Waals surface area contributed by atoms with Gasteiger partial charge >= 0.3 is 0 Å². The van der Waals surface area contributed by atoms with Crippen LogP contribution in [0.2, 0.25) is 0 Å². The molecule has 0 saturated carbocycles. The fourth-order valence-corrected chi connectivity index (χ4v) is 21.3. The third kappa shape index (κ3) is 6.33. The molecule has 3 aromatic heterocycles. The summed E-state index contributed by atoms with van der Waals surface area (Å²) in [5.41, 5.74) is 21.9. The molecule has 0 fully saturated rings.